The first kappa shape index (κ1) is 19.5. The number of thiazole rings is 1. The van der Waals surface area contributed by atoms with E-state index in [2.05, 4.69) is 4.98 Å². The number of aromatic nitrogens is 1. The van der Waals surface area contributed by atoms with Gasteiger partial charge in [0.2, 0.25) is 11.8 Å². The maximum absolute atomic E-state index is 13.0. The van der Waals surface area contributed by atoms with Crippen LogP contribution in [0.25, 0.3) is 0 Å². The van der Waals surface area contributed by atoms with E-state index in [1.807, 2.05) is 0 Å². The van der Waals surface area contributed by atoms with Crippen molar-refractivity contribution in [3.8, 4) is 11.5 Å². The summed E-state index contributed by atoms with van der Waals surface area (Å²) in [5, 5.41) is 18.7. The number of imide groups is 1. The molecule has 11 heteroatoms. The van der Waals surface area contributed by atoms with E-state index < -0.39 is 41.4 Å². The monoisotopic (exact) mass is 436 g/mol. The number of phenolic OH excluding ortho intramolecular Hbond substituents is 1. The minimum atomic E-state index is -1.28. The number of H-pyrrole nitrogens is 1. The van der Waals surface area contributed by atoms with Gasteiger partial charge in [0.05, 0.1) is 17.6 Å². The average Bonchev–Trinajstić information content (AvgIpc) is 3.14. The Bertz CT molecular complexity index is 1080. The second-order valence-electron chi connectivity index (χ2n) is 6.57. The smallest absolute Gasteiger partial charge is 0.323 e. The first-order valence-corrected chi connectivity index (χ1v) is 10.4. The molecule has 29 heavy (non-hydrogen) atoms. The number of carboxylic acids is 1. The quantitative estimate of drug-likeness (QED) is 0.595. The summed E-state index contributed by atoms with van der Waals surface area (Å²) in [5.41, 5.74) is 0.594. The summed E-state index contributed by atoms with van der Waals surface area (Å²) < 4.78 is 5.43. The molecule has 1 aromatic heterocycles. The molecule has 0 unspecified atom stereocenters. The molecule has 3 heterocycles. The number of nitrogens with zero attached hydrogens (tertiary/aromatic N) is 1. The topological polar surface area (TPSA) is 137 Å². The van der Waals surface area contributed by atoms with Gasteiger partial charge >= 0.3 is 10.8 Å². The maximum atomic E-state index is 13.0. The number of aromatic hydroxyl groups is 1. The fraction of sp³-hybridized carbons (Fsp3) is 0.333. The Kier molecular flexibility index (Phi) is 4.87. The predicted octanol–water partition coefficient (Wildman–Crippen LogP) is 1.22. The van der Waals surface area contributed by atoms with Crippen LogP contribution in [0.5, 0.6) is 11.5 Å². The number of carboxylic acid groups (broad SMARTS) is 1. The highest BCUT2D eigenvalue weighted by atomic mass is 32.2. The van der Waals surface area contributed by atoms with E-state index in [4.69, 9.17) is 9.84 Å². The van der Waals surface area contributed by atoms with E-state index in [0.717, 1.165) is 28.0 Å². The van der Waals surface area contributed by atoms with Crippen molar-refractivity contribution in [2.24, 2.45) is 5.92 Å². The molecule has 3 atom stereocenters. The summed E-state index contributed by atoms with van der Waals surface area (Å²) in [6.07, 6.45) is 0. The van der Waals surface area contributed by atoms with Crippen LogP contribution >= 0.6 is 23.1 Å². The minimum Gasteiger partial charge on any atom is -0.504 e. The van der Waals surface area contributed by atoms with E-state index in [9.17, 15) is 24.3 Å². The van der Waals surface area contributed by atoms with Gasteiger partial charge in [0.1, 0.15) is 11.8 Å². The number of ether oxygens (including phenoxy) is 1. The third-order valence-electron chi connectivity index (χ3n) is 4.85. The van der Waals surface area contributed by atoms with Crippen LogP contribution in [0.2, 0.25) is 0 Å². The highest BCUT2D eigenvalue weighted by Gasteiger charge is 2.56. The number of carbonyl (C=O) groups excluding carboxylic acids is 2. The molecule has 0 bridgehead atoms. The fourth-order valence-corrected chi connectivity index (χ4v) is 6.26. The van der Waals surface area contributed by atoms with Crippen LogP contribution in [0.4, 0.5) is 0 Å². The zero-order valence-electron chi connectivity index (χ0n) is 15.1. The molecule has 2 aromatic rings. The van der Waals surface area contributed by atoms with Crippen LogP contribution in [0.15, 0.2) is 28.0 Å². The number of fused-ring (bicyclic) bond motifs is 2. The van der Waals surface area contributed by atoms with E-state index in [0.29, 0.717) is 22.1 Å². The van der Waals surface area contributed by atoms with Gasteiger partial charge in [0, 0.05) is 10.8 Å². The van der Waals surface area contributed by atoms with Crippen LogP contribution in [-0.2, 0) is 14.4 Å². The van der Waals surface area contributed by atoms with Crippen molar-refractivity contribution in [2.75, 3.05) is 13.2 Å². The first-order chi connectivity index (χ1) is 13.8. The summed E-state index contributed by atoms with van der Waals surface area (Å²) in [6, 6.07) is 4.63. The Morgan fingerprint density at radius 3 is 2.72 bits per heavy atom. The molecule has 1 saturated heterocycles. The minimum absolute atomic E-state index is 0.0684. The van der Waals surface area contributed by atoms with E-state index in [1.54, 1.807) is 19.1 Å². The Labute approximate surface area is 172 Å². The lowest BCUT2D eigenvalue weighted by Crippen LogP contribution is -2.36. The van der Waals surface area contributed by atoms with Gasteiger partial charge in [-0.25, -0.2) is 0 Å². The second-order valence-corrected chi connectivity index (χ2v) is 8.73. The lowest BCUT2D eigenvalue weighted by Gasteiger charge is -2.30. The SMILES string of the molecule is CCOc1cc([C@@H]2c3sc(=O)[nH]c3S[C@@H]3C(=O)N(CC(=O)O)C(=O)[C@H]23)ccc1O. The summed E-state index contributed by atoms with van der Waals surface area (Å²) in [4.78, 5) is 52.7. The van der Waals surface area contributed by atoms with Crippen molar-refractivity contribution in [1.29, 1.82) is 0 Å². The molecule has 2 aliphatic rings. The number of likely N-dealkylation sites (tertiary alicyclic amines) is 1. The molecular formula is C18H16N2O7S2. The molecule has 2 amide bonds. The van der Waals surface area contributed by atoms with Gasteiger partial charge in [-0.1, -0.05) is 29.2 Å². The van der Waals surface area contributed by atoms with Crippen LogP contribution in [0.1, 0.15) is 23.3 Å². The first-order valence-electron chi connectivity index (χ1n) is 8.74. The van der Waals surface area contributed by atoms with Crippen LogP contribution in [-0.4, -0.2) is 56.3 Å². The lowest BCUT2D eigenvalue weighted by atomic mass is 9.83. The molecular weight excluding hydrogens is 420 g/mol. The van der Waals surface area contributed by atoms with Crippen molar-refractivity contribution < 1.29 is 29.3 Å². The van der Waals surface area contributed by atoms with Crippen LogP contribution in [0, 0.1) is 5.92 Å². The molecule has 0 saturated carbocycles. The average molecular weight is 436 g/mol. The van der Waals surface area contributed by atoms with Gasteiger partial charge in [-0.15, -0.1) is 0 Å². The largest absolute Gasteiger partial charge is 0.504 e. The fourth-order valence-electron chi connectivity index (χ4n) is 3.72. The number of amides is 2. The van der Waals surface area contributed by atoms with Crippen molar-refractivity contribution >= 4 is 40.9 Å². The van der Waals surface area contributed by atoms with Gasteiger partial charge in [-0.3, -0.25) is 24.1 Å². The van der Waals surface area contributed by atoms with Crippen molar-refractivity contribution in [1.82, 2.24) is 9.88 Å². The zero-order chi connectivity index (χ0) is 20.9. The van der Waals surface area contributed by atoms with E-state index in [-0.39, 0.29) is 16.4 Å². The summed E-state index contributed by atoms with van der Waals surface area (Å²) in [5.74, 6) is -3.79. The third-order valence-corrected chi connectivity index (χ3v) is 7.25. The Morgan fingerprint density at radius 2 is 2.03 bits per heavy atom. The molecule has 0 radical (unpaired) electrons. The lowest BCUT2D eigenvalue weighted by molar-refractivity contribution is -0.149. The summed E-state index contributed by atoms with van der Waals surface area (Å²) in [7, 11) is 0. The van der Waals surface area contributed by atoms with E-state index >= 15 is 0 Å². The Hall–Kier alpha value is -2.79. The number of phenols is 1. The highest BCUT2D eigenvalue weighted by molar-refractivity contribution is 8.00. The standard InChI is InChI=1S/C18H16N2O7S2/c1-2-27-9-5-7(3-4-8(9)21)11-12-14(28-15-13(11)29-18(26)19-15)17(25)20(16(12)24)6-10(22)23/h3-5,11-12,14,21H,2,6H2,1H3,(H,19,26)(H,22,23)/t11-,12+,14-/m0/s1. The van der Waals surface area contributed by atoms with Crippen LogP contribution < -0.4 is 9.61 Å². The number of carbonyl (C=O) groups is 3. The summed E-state index contributed by atoms with van der Waals surface area (Å²) >= 11 is 2.03. The van der Waals surface area contributed by atoms with E-state index in [1.165, 1.54) is 6.07 Å². The third kappa shape index (κ3) is 3.19. The number of hydrogen-bond acceptors (Lipinski definition) is 8. The number of aliphatic carboxylic acids is 1. The zero-order valence-corrected chi connectivity index (χ0v) is 16.7. The van der Waals surface area contributed by atoms with Crippen molar-refractivity contribution in [3.05, 3.63) is 38.3 Å². The number of thioether (sulfide) groups is 1. The number of hydrogen-bond donors (Lipinski definition) is 3. The molecule has 152 valence electrons. The molecule has 1 fully saturated rings. The molecule has 0 aliphatic carbocycles. The van der Waals surface area contributed by atoms with Gasteiger partial charge in [-0.05, 0) is 24.6 Å². The van der Waals surface area contributed by atoms with Gasteiger partial charge in [-0.2, -0.15) is 0 Å². The second kappa shape index (κ2) is 7.23. The Balaban J connectivity index is 1.85. The van der Waals surface area contributed by atoms with Crippen LogP contribution in [0.3, 0.4) is 0 Å². The van der Waals surface area contributed by atoms with Crippen molar-refractivity contribution in [2.45, 2.75) is 23.1 Å². The number of benzene rings is 1. The van der Waals surface area contributed by atoms with Crippen molar-refractivity contribution in [3.63, 3.8) is 0 Å². The van der Waals surface area contributed by atoms with Gasteiger partial charge in [0.15, 0.2) is 11.5 Å². The number of nitrogens with one attached hydrogen (secondary N) is 1. The molecule has 4 rings (SSSR count). The molecule has 2 aliphatic heterocycles. The predicted molar refractivity (Wildman–Crippen MR) is 104 cm³/mol. The molecule has 3 N–H and O–H groups in total. The Morgan fingerprint density at radius 1 is 1.28 bits per heavy atom. The summed E-state index contributed by atoms with van der Waals surface area (Å²) in [6.45, 7) is 1.37. The van der Waals surface area contributed by atoms with Gasteiger partial charge in [0.25, 0.3) is 0 Å². The van der Waals surface area contributed by atoms with Gasteiger partial charge < -0.3 is 19.9 Å². The molecule has 1 aromatic carbocycles. The molecule has 9 nitrogen and oxygen atoms in total. The normalized spacial score (nSPS) is 23.1. The number of aromatic amines is 1. The molecule has 0 spiro atoms. The maximum Gasteiger partial charge on any atom is 0.323 e. The highest BCUT2D eigenvalue weighted by Crippen LogP contribution is 2.53. The number of rotatable bonds is 5.